The number of aliphatic carboxylic acids is 1. The molecule has 0 radical (unpaired) electrons. The molecule has 0 fully saturated rings. The van der Waals surface area contributed by atoms with Crippen LogP contribution in [0.2, 0.25) is 0 Å². The molecule has 0 heterocycles. The third-order valence-corrected chi connectivity index (χ3v) is 2.98. The van der Waals surface area contributed by atoms with E-state index in [9.17, 15) is 14.4 Å². The summed E-state index contributed by atoms with van der Waals surface area (Å²) >= 11 is 1.62. The van der Waals surface area contributed by atoms with Crippen molar-refractivity contribution in [3.05, 3.63) is 0 Å². The van der Waals surface area contributed by atoms with Crippen LogP contribution in [-0.2, 0) is 9.59 Å². The second-order valence-electron chi connectivity index (χ2n) is 3.83. The molecular weight excluding hydrogens is 256 g/mol. The molecule has 1 unspecified atom stereocenters. The molecule has 7 heteroatoms. The summed E-state index contributed by atoms with van der Waals surface area (Å²) in [5, 5.41) is 13.3. The number of hydrogen-bond donors (Lipinski definition) is 3. The van der Waals surface area contributed by atoms with Crippen LogP contribution >= 0.6 is 11.8 Å². The second kappa shape index (κ2) is 9.76. The van der Waals surface area contributed by atoms with Gasteiger partial charge in [-0.2, -0.15) is 11.8 Å². The van der Waals surface area contributed by atoms with Crippen LogP contribution < -0.4 is 10.6 Å². The minimum absolute atomic E-state index is 0.0341. The summed E-state index contributed by atoms with van der Waals surface area (Å²) < 4.78 is 0. The molecular formula is C11H20N2O4S. The van der Waals surface area contributed by atoms with Crippen LogP contribution in [0, 0.1) is 0 Å². The summed E-state index contributed by atoms with van der Waals surface area (Å²) in [6.07, 6.45) is 2.94. The zero-order chi connectivity index (χ0) is 14.0. The molecule has 3 amide bonds. The number of carboxylic acids is 1. The van der Waals surface area contributed by atoms with Crippen molar-refractivity contribution in [1.82, 2.24) is 10.6 Å². The van der Waals surface area contributed by atoms with Crippen molar-refractivity contribution in [3.8, 4) is 0 Å². The molecule has 0 aromatic rings. The number of amides is 3. The number of carbonyl (C=O) groups is 3. The number of urea groups is 1. The van der Waals surface area contributed by atoms with Crippen LogP contribution in [0.3, 0.4) is 0 Å². The fraction of sp³-hybridized carbons (Fsp3) is 0.727. The topological polar surface area (TPSA) is 95.5 Å². The number of nitrogens with one attached hydrogen (secondary N) is 2. The van der Waals surface area contributed by atoms with Crippen LogP contribution in [0.1, 0.15) is 32.6 Å². The van der Waals surface area contributed by atoms with Gasteiger partial charge in [-0.05, 0) is 19.1 Å². The highest BCUT2D eigenvalue weighted by atomic mass is 32.2. The van der Waals surface area contributed by atoms with Gasteiger partial charge in [0.25, 0.3) is 0 Å². The quantitative estimate of drug-likeness (QED) is 0.619. The highest BCUT2D eigenvalue weighted by molar-refractivity contribution is 7.98. The van der Waals surface area contributed by atoms with Gasteiger partial charge in [-0.3, -0.25) is 14.9 Å². The molecule has 0 bridgehead atoms. The van der Waals surface area contributed by atoms with E-state index in [2.05, 4.69) is 10.6 Å². The van der Waals surface area contributed by atoms with Crippen LogP contribution in [0.15, 0.2) is 0 Å². The first-order chi connectivity index (χ1) is 8.49. The van der Waals surface area contributed by atoms with E-state index in [1.807, 2.05) is 13.2 Å². The number of thioether (sulfide) groups is 1. The molecule has 104 valence electrons. The lowest BCUT2D eigenvalue weighted by atomic mass is 10.2. The van der Waals surface area contributed by atoms with Crippen molar-refractivity contribution in [2.24, 2.45) is 0 Å². The molecule has 3 N–H and O–H groups in total. The lowest BCUT2D eigenvalue weighted by Crippen LogP contribution is -2.45. The molecule has 0 aliphatic rings. The van der Waals surface area contributed by atoms with Gasteiger partial charge in [-0.15, -0.1) is 0 Å². The van der Waals surface area contributed by atoms with Crippen molar-refractivity contribution in [3.63, 3.8) is 0 Å². The van der Waals surface area contributed by atoms with E-state index in [1.165, 1.54) is 0 Å². The molecule has 0 aliphatic heterocycles. The lowest BCUT2D eigenvalue weighted by Gasteiger charge is -2.15. The van der Waals surface area contributed by atoms with Crippen LogP contribution in [0.5, 0.6) is 0 Å². The van der Waals surface area contributed by atoms with Gasteiger partial charge in [0.2, 0.25) is 5.91 Å². The number of carbonyl (C=O) groups excluding carboxylic acids is 2. The van der Waals surface area contributed by atoms with Gasteiger partial charge < -0.3 is 10.4 Å². The maximum atomic E-state index is 11.4. The highest BCUT2D eigenvalue weighted by Gasteiger charge is 2.12. The summed E-state index contributed by atoms with van der Waals surface area (Å²) in [5.41, 5.74) is 0. The molecule has 18 heavy (non-hydrogen) atoms. The van der Waals surface area contributed by atoms with Gasteiger partial charge in [0, 0.05) is 24.6 Å². The van der Waals surface area contributed by atoms with E-state index >= 15 is 0 Å². The SMILES string of the molecule is CCC(CSC)NC(=O)NC(=O)CCCC(=O)O. The molecule has 0 aromatic heterocycles. The average Bonchev–Trinajstić information content (AvgIpc) is 2.27. The summed E-state index contributed by atoms with van der Waals surface area (Å²) in [6, 6.07) is -0.483. The van der Waals surface area contributed by atoms with Crippen molar-refractivity contribution >= 4 is 29.7 Å². The van der Waals surface area contributed by atoms with Crippen LogP contribution in [0.4, 0.5) is 4.79 Å². The number of imide groups is 1. The van der Waals surface area contributed by atoms with Gasteiger partial charge in [0.1, 0.15) is 0 Å². The molecule has 0 rings (SSSR count). The Kier molecular flexibility index (Phi) is 9.08. The molecule has 0 aromatic carbocycles. The predicted octanol–water partition coefficient (Wildman–Crippen LogP) is 1.21. The summed E-state index contributed by atoms with van der Waals surface area (Å²) in [4.78, 5) is 33.0. The van der Waals surface area contributed by atoms with E-state index < -0.39 is 17.9 Å². The maximum absolute atomic E-state index is 11.4. The third kappa shape index (κ3) is 8.86. The monoisotopic (exact) mass is 276 g/mol. The number of hydrogen-bond acceptors (Lipinski definition) is 4. The van der Waals surface area contributed by atoms with Crippen molar-refractivity contribution in [2.75, 3.05) is 12.0 Å². The molecule has 0 saturated heterocycles. The molecule has 6 nitrogen and oxygen atoms in total. The molecule has 0 aliphatic carbocycles. The van der Waals surface area contributed by atoms with Gasteiger partial charge in [0.15, 0.2) is 0 Å². The van der Waals surface area contributed by atoms with Crippen LogP contribution in [-0.4, -0.2) is 41.1 Å². The Morgan fingerprint density at radius 1 is 1.28 bits per heavy atom. The van der Waals surface area contributed by atoms with Gasteiger partial charge >= 0.3 is 12.0 Å². The molecule has 0 saturated carbocycles. The summed E-state index contributed by atoms with van der Waals surface area (Å²) in [5.74, 6) is -0.608. The Hall–Kier alpha value is -1.24. The second-order valence-corrected chi connectivity index (χ2v) is 4.74. The van der Waals surface area contributed by atoms with E-state index in [0.717, 1.165) is 12.2 Å². The number of carboxylic acid groups (broad SMARTS) is 1. The standard InChI is InChI=1S/C11H20N2O4S/c1-3-8(7-18-2)12-11(17)13-9(14)5-4-6-10(15)16/h8H,3-7H2,1-2H3,(H,15,16)(H2,12,13,14,17). The predicted molar refractivity (Wildman–Crippen MR) is 70.6 cm³/mol. The largest absolute Gasteiger partial charge is 0.481 e. The Bertz CT molecular complexity index is 297. The van der Waals surface area contributed by atoms with Crippen molar-refractivity contribution in [1.29, 1.82) is 0 Å². The normalized spacial score (nSPS) is 11.7. The Balaban J connectivity index is 3.85. The first kappa shape index (κ1) is 16.8. The summed E-state index contributed by atoms with van der Waals surface area (Å²) in [7, 11) is 0. The van der Waals surface area contributed by atoms with Crippen molar-refractivity contribution < 1.29 is 19.5 Å². The first-order valence-corrected chi connectivity index (χ1v) is 7.20. The Morgan fingerprint density at radius 3 is 2.44 bits per heavy atom. The van der Waals surface area contributed by atoms with Gasteiger partial charge in [-0.1, -0.05) is 6.92 Å². The smallest absolute Gasteiger partial charge is 0.321 e. The zero-order valence-electron chi connectivity index (χ0n) is 10.7. The minimum atomic E-state index is -0.946. The number of rotatable bonds is 8. The molecule has 1 atom stereocenters. The van der Waals surface area contributed by atoms with Crippen molar-refractivity contribution in [2.45, 2.75) is 38.6 Å². The fourth-order valence-corrected chi connectivity index (χ4v) is 1.99. The van der Waals surface area contributed by atoms with E-state index in [0.29, 0.717) is 0 Å². The van der Waals surface area contributed by atoms with E-state index in [4.69, 9.17) is 5.11 Å². The van der Waals surface area contributed by atoms with E-state index in [1.54, 1.807) is 11.8 Å². The van der Waals surface area contributed by atoms with E-state index in [-0.39, 0.29) is 25.3 Å². The van der Waals surface area contributed by atoms with Gasteiger partial charge in [-0.25, -0.2) is 4.79 Å². The Morgan fingerprint density at radius 2 is 1.94 bits per heavy atom. The van der Waals surface area contributed by atoms with Crippen LogP contribution in [0.25, 0.3) is 0 Å². The molecule has 0 spiro atoms. The van der Waals surface area contributed by atoms with Gasteiger partial charge in [0.05, 0.1) is 0 Å². The zero-order valence-corrected chi connectivity index (χ0v) is 11.5. The first-order valence-electron chi connectivity index (χ1n) is 5.80. The minimum Gasteiger partial charge on any atom is -0.481 e. The maximum Gasteiger partial charge on any atom is 0.321 e. The lowest BCUT2D eigenvalue weighted by molar-refractivity contribution is -0.137. The Labute approximate surface area is 111 Å². The highest BCUT2D eigenvalue weighted by Crippen LogP contribution is 2.00. The average molecular weight is 276 g/mol. The fourth-order valence-electron chi connectivity index (χ4n) is 1.27. The third-order valence-electron chi connectivity index (χ3n) is 2.24. The summed E-state index contributed by atoms with van der Waals surface area (Å²) in [6.45, 7) is 1.95.